The van der Waals surface area contributed by atoms with Gasteiger partial charge in [0.05, 0.1) is 56.2 Å². The third-order valence-corrected chi connectivity index (χ3v) is 20.8. The molecular formula is C99H57F3N16. The highest BCUT2D eigenvalue weighted by Crippen LogP contribution is 2.46. The Bertz CT molecular complexity index is 6810. The van der Waals surface area contributed by atoms with Crippen LogP contribution in [0.25, 0.3) is 203 Å². The number of fused-ring (bicyclic) bond motifs is 6. The lowest BCUT2D eigenvalue weighted by molar-refractivity contribution is -0.137. The first kappa shape index (κ1) is 70.6. The van der Waals surface area contributed by atoms with Crippen molar-refractivity contribution in [1.29, 1.82) is 10.5 Å². The van der Waals surface area contributed by atoms with Crippen molar-refractivity contribution < 1.29 is 13.2 Å². The quantitative estimate of drug-likeness (QED) is 0.0934. The van der Waals surface area contributed by atoms with Crippen LogP contribution in [0.5, 0.6) is 0 Å². The Balaban J connectivity index is 0.853. The van der Waals surface area contributed by atoms with Gasteiger partial charge in [-0.3, -0.25) is 0 Å². The molecule has 0 radical (unpaired) electrons. The van der Waals surface area contributed by atoms with Crippen molar-refractivity contribution in [3.8, 4) is 171 Å². The van der Waals surface area contributed by atoms with Crippen LogP contribution >= 0.6 is 0 Å². The summed E-state index contributed by atoms with van der Waals surface area (Å²) >= 11 is 0. The van der Waals surface area contributed by atoms with Crippen LogP contribution in [0.1, 0.15) is 16.7 Å². The minimum atomic E-state index is -4.82. The molecule has 16 nitrogen and oxygen atoms in total. The van der Waals surface area contributed by atoms with Gasteiger partial charge in [0.1, 0.15) is 6.07 Å². The monoisotopic (exact) mass is 1530 g/mol. The summed E-state index contributed by atoms with van der Waals surface area (Å²) in [7, 11) is 0. The number of hydrogen-bond donors (Lipinski definition) is 0. The summed E-state index contributed by atoms with van der Waals surface area (Å²) in [5.74, 6) is 5.14. The fourth-order valence-electron chi connectivity index (χ4n) is 15.2. The second kappa shape index (κ2) is 29.5. The Morgan fingerprint density at radius 2 is 0.441 bits per heavy atom. The Morgan fingerprint density at radius 1 is 0.212 bits per heavy atom. The molecular weight excluding hydrogens is 1470 g/mol. The van der Waals surface area contributed by atoms with Crippen LogP contribution in [0.2, 0.25) is 0 Å². The van der Waals surface area contributed by atoms with E-state index in [1.807, 2.05) is 325 Å². The number of nitriles is 2. The minimum absolute atomic E-state index is 0.153. The third kappa shape index (κ3) is 13.2. The second-order valence-corrected chi connectivity index (χ2v) is 28.1. The molecule has 0 aliphatic carbocycles. The summed E-state index contributed by atoms with van der Waals surface area (Å²) in [5, 5.41) is 26.3. The average Bonchev–Trinajstić information content (AvgIpc) is 1.56. The summed E-state index contributed by atoms with van der Waals surface area (Å²) in [6.45, 7) is 0. The van der Waals surface area contributed by atoms with E-state index in [-0.39, 0.29) is 16.7 Å². The highest BCUT2D eigenvalue weighted by molar-refractivity contribution is 6.14. The molecule has 0 atom stereocenters. The summed E-state index contributed by atoms with van der Waals surface area (Å²) in [6.07, 6.45) is -4.82. The number of aromatic nitrogens is 14. The van der Waals surface area contributed by atoms with Gasteiger partial charge in [-0.25, -0.2) is 59.8 Å². The Morgan fingerprint density at radius 3 is 0.669 bits per heavy atom. The molecule has 554 valence electrons. The van der Waals surface area contributed by atoms with Crippen molar-refractivity contribution in [2.24, 2.45) is 0 Å². The smallest absolute Gasteiger partial charge is 0.309 e. The van der Waals surface area contributed by atoms with Gasteiger partial charge in [0.2, 0.25) is 0 Å². The van der Waals surface area contributed by atoms with Crippen molar-refractivity contribution in [3.63, 3.8) is 0 Å². The molecule has 19 heteroatoms. The Labute approximate surface area is 672 Å². The molecule has 0 N–H and O–H groups in total. The first-order valence-electron chi connectivity index (χ1n) is 37.9. The molecule has 0 saturated heterocycles. The molecule has 14 aromatic carbocycles. The van der Waals surface area contributed by atoms with E-state index < -0.39 is 11.7 Å². The fourth-order valence-corrected chi connectivity index (χ4v) is 15.2. The predicted octanol–water partition coefficient (Wildman–Crippen LogP) is 23.1. The topological polar surface area (TPSA) is 212 Å². The van der Waals surface area contributed by atoms with Crippen LogP contribution in [0, 0.1) is 22.7 Å². The van der Waals surface area contributed by atoms with Crippen LogP contribution in [0.15, 0.2) is 346 Å². The van der Waals surface area contributed by atoms with Gasteiger partial charge in [-0.2, -0.15) is 23.7 Å². The maximum atomic E-state index is 15.1. The summed E-state index contributed by atoms with van der Waals surface area (Å²) < 4.78 is 49.4. The van der Waals surface area contributed by atoms with E-state index in [4.69, 9.17) is 59.8 Å². The Kier molecular flexibility index (Phi) is 17.7. The largest absolute Gasteiger partial charge is 0.416 e. The van der Waals surface area contributed by atoms with Crippen LogP contribution in [-0.4, -0.2) is 68.9 Å². The molecule has 0 amide bonds. The van der Waals surface area contributed by atoms with E-state index in [1.165, 1.54) is 6.07 Å². The highest BCUT2D eigenvalue weighted by Gasteiger charge is 2.33. The zero-order valence-electron chi connectivity index (χ0n) is 62.2. The number of hydrogen-bond acceptors (Lipinski definition) is 14. The second-order valence-electron chi connectivity index (χ2n) is 28.1. The molecule has 6 heterocycles. The first-order valence-corrected chi connectivity index (χ1v) is 37.9. The summed E-state index contributed by atoms with van der Waals surface area (Å²) in [5.41, 5.74) is 11.2. The van der Waals surface area contributed by atoms with Gasteiger partial charge in [-0.15, -0.1) is 0 Å². The number of halogens is 3. The van der Waals surface area contributed by atoms with E-state index >= 15 is 13.2 Å². The van der Waals surface area contributed by atoms with E-state index in [2.05, 4.69) is 12.1 Å². The molecule has 0 spiro atoms. The first-order chi connectivity index (χ1) is 58.0. The molecule has 0 unspecified atom stereocenters. The number of alkyl halides is 3. The number of nitrogens with zero attached hydrogens (tertiary/aromatic N) is 16. The zero-order valence-corrected chi connectivity index (χ0v) is 62.2. The standard InChI is InChI=1S/C99H57F3N16/c100-99(101,102)74-45-46-75(72(51-74)58-103)80-57-85(117-81-47-41-68(95-109-87(60-25-9-1-10-26-60)105-88(110-95)61-27-11-2-12-28-61)52-76(81)77-53-69(42-48-82(77)117)96-111-89(62-29-13-3-14-30-62)106-90(112-96)63-31-15-4-16-32-63)73(59-104)56-86(80)118-83-49-43-70(97-113-91(64-33-17-5-18-34-64)107-92(114-97)65-35-19-6-20-36-65)54-78(83)79-55-71(44-50-84(79)118)98-115-93(66-37-21-7-22-38-66)108-94(116-98)67-39-23-8-24-40-67/h1-57H. The zero-order chi connectivity index (χ0) is 79.4. The van der Waals surface area contributed by atoms with E-state index in [1.54, 1.807) is 12.1 Å². The van der Waals surface area contributed by atoms with E-state index in [0.29, 0.717) is 153 Å². The maximum absolute atomic E-state index is 15.1. The third-order valence-electron chi connectivity index (χ3n) is 20.8. The SMILES string of the molecule is N#Cc1cc(C(F)(F)F)ccc1-c1cc(-n2c3ccc(-c4nc(-c5ccccc5)nc(-c5ccccc5)n4)cc3c3cc(-c4nc(-c5ccccc5)nc(-c5ccccc5)n4)ccc32)c(C#N)cc1-n1c2ccc(-c3nc(-c4ccccc4)nc(-c4ccccc4)n3)cc2c2cc(-c3nc(-c4ccccc4)nc(-c4ccccc4)n3)ccc21. The van der Waals surface area contributed by atoms with Crippen molar-refractivity contribution in [3.05, 3.63) is 362 Å². The normalized spacial score (nSPS) is 11.5. The molecule has 118 heavy (non-hydrogen) atoms. The van der Waals surface area contributed by atoms with Crippen LogP contribution in [0.3, 0.4) is 0 Å². The van der Waals surface area contributed by atoms with Crippen LogP contribution < -0.4 is 0 Å². The maximum Gasteiger partial charge on any atom is 0.416 e. The van der Waals surface area contributed by atoms with Gasteiger partial charge in [0.15, 0.2) is 69.9 Å². The van der Waals surface area contributed by atoms with Crippen LogP contribution in [0.4, 0.5) is 13.2 Å². The van der Waals surface area contributed by atoms with Gasteiger partial charge in [-0.05, 0) is 97.1 Å². The molecule has 0 bridgehead atoms. The molecule has 0 saturated carbocycles. The molecule has 20 rings (SSSR count). The molecule has 0 aliphatic rings. The van der Waals surface area contributed by atoms with Gasteiger partial charge >= 0.3 is 6.18 Å². The van der Waals surface area contributed by atoms with E-state index in [0.717, 1.165) is 56.6 Å². The lowest BCUT2D eigenvalue weighted by atomic mass is 9.94. The van der Waals surface area contributed by atoms with Gasteiger partial charge in [0, 0.05) is 99.4 Å². The van der Waals surface area contributed by atoms with Gasteiger partial charge in [-0.1, -0.05) is 249 Å². The van der Waals surface area contributed by atoms with Crippen molar-refractivity contribution in [2.75, 3.05) is 0 Å². The molecule has 6 aromatic heterocycles. The van der Waals surface area contributed by atoms with Gasteiger partial charge in [0.25, 0.3) is 0 Å². The summed E-state index contributed by atoms with van der Waals surface area (Å²) in [6, 6.07) is 113. The van der Waals surface area contributed by atoms with Crippen molar-refractivity contribution >= 4 is 43.6 Å². The lowest BCUT2D eigenvalue weighted by Crippen LogP contribution is -2.07. The fraction of sp³-hybridized carbons (Fsp3) is 0.0101. The predicted molar refractivity (Wildman–Crippen MR) is 454 cm³/mol. The van der Waals surface area contributed by atoms with Crippen LogP contribution in [-0.2, 0) is 6.18 Å². The molecule has 0 aliphatic heterocycles. The average molecular weight is 1530 g/mol. The van der Waals surface area contributed by atoms with Crippen molar-refractivity contribution in [1.82, 2.24) is 68.9 Å². The van der Waals surface area contributed by atoms with E-state index in [9.17, 15) is 10.5 Å². The van der Waals surface area contributed by atoms with Gasteiger partial charge < -0.3 is 9.13 Å². The highest BCUT2D eigenvalue weighted by atomic mass is 19.4. The Hall–Kier alpha value is -16.5. The number of rotatable bonds is 15. The van der Waals surface area contributed by atoms with Crippen molar-refractivity contribution in [2.45, 2.75) is 6.18 Å². The summed E-state index contributed by atoms with van der Waals surface area (Å²) in [4.78, 5) is 61.4. The molecule has 20 aromatic rings. The number of benzene rings is 14. The minimum Gasteiger partial charge on any atom is -0.309 e. The lowest BCUT2D eigenvalue weighted by Gasteiger charge is -2.20. The molecule has 0 fully saturated rings.